The number of carboxylic acids is 1. The van der Waals surface area contributed by atoms with Crippen LogP contribution < -0.4 is 4.74 Å². The van der Waals surface area contributed by atoms with Crippen molar-refractivity contribution in [2.45, 2.75) is 18.5 Å². The third-order valence-electron chi connectivity index (χ3n) is 4.61. The lowest BCUT2D eigenvalue weighted by Gasteiger charge is -2.36. The summed E-state index contributed by atoms with van der Waals surface area (Å²) in [5, 5.41) is 14.9. The minimum atomic E-state index is -1.09. The number of carbonyl (C=O) groups is 2. The van der Waals surface area contributed by atoms with Crippen LogP contribution >= 0.6 is 11.8 Å². The molecule has 1 aromatic heterocycles. The third-order valence-corrected chi connectivity index (χ3v) is 5.69. The lowest BCUT2D eigenvalue weighted by molar-refractivity contribution is -0.141. The maximum Gasteiger partial charge on any atom is 0.353 e. The zero-order chi connectivity index (χ0) is 17.8. The van der Waals surface area contributed by atoms with E-state index in [1.54, 1.807) is 6.08 Å². The number of β-lactam (4-membered cyclic amide) rings is 1. The first-order valence-corrected chi connectivity index (χ1v) is 8.97. The molecule has 7 nitrogen and oxygen atoms in total. The predicted molar refractivity (Wildman–Crippen MR) is 94.0 cm³/mol. The summed E-state index contributed by atoms with van der Waals surface area (Å²) in [6, 6.07) is 9.75. The first-order valence-electron chi connectivity index (χ1n) is 8.03. The van der Waals surface area contributed by atoms with Crippen LogP contribution in [0, 0.1) is 0 Å². The summed E-state index contributed by atoms with van der Waals surface area (Å²) in [7, 11) is 0. The van der Waals surface area contributed by atoms with Gasteiger partial charge in [0, 0.05) is 11.0 Å². The van der Waals surface area contributed by atoms with Crippen molar-refractivity contribution in [3.8, 4) is 5.75 Å². The SMILES string of the molecule is O=C(O)C1=CS[C@@H]2C(=Cc3cc4n(n3)Cc3ccccc3OC4)C(=O)N12. The molecule has 1 amide bonds. The highest BCUT2D eigenvalue weighted by molar-refractivity contribution is 8.03. The molecule has 0 aliphatic carbocycles. The first-order chi connectivity index (χ1) is 12.6. The highest BCUT2D eigenvalue weighted by atomic mass is 32.2. The van der Waals surface area contributed by atoms with Gasteiger partial charge in [0.05, 0.1) is 23.5 Å². The number of rotatable bonds is 2. The van der Waals surface area contributed by atoms with Gasteiger partial charge in [-0.2, -0.15) is 5.10 Å². The van der Waals surface area contributed by atoms with Crippen molar-refractivity contribution in [2.24, 2.45) is 0 Å². The fourth-order valence-corrected chi connectivity index (χ4v) is 4.43. The van der Waals surface area contributed by atoms with Crippen molar-refractivity contribution in [1.29, 1.82) is 0 Å². The Bertz CT molecular complexity index is 1020. The normalized spacial score (nSPS) is 21.9. The smallest absolute Gasteiger partial charge is 0.353 e. The van der Waals surface area contributed by atoms with E-state index in [0.717, 1.165) is 17.0 Å². The van der Waals surface area contributed by atoms with Crippen LogP contribution in [0.5, 0.6) is 5.75 Å². The number of benzene rings is 1. The highest BCUT2D eigenvalue weighted by Crippen LogP contribution is 2.45. The first kappa shape index (κ1) is 15.3. The van der Waals surface area contributed by atoms with Gasteiger partial charge in [0.2, 0.25) is 0 Å². The number of thioether (sulfide) groups is 1. The number of carboxylic acid groups (broad SMARTS) is 1. The van der Waals surface area contributed by atoms with E-state index in [2.05, 4.69) is 5.10 Å². The van der Waals surface area contributed by atoms with Crippen LogP contribution in [0.4, 0.5) is 0 Å². The van der Waals surface area contributed by atoms with Gasteiger partial charge in [-0.25, -0.2) is 4.79 Å². The van der Waals surface area contributed by atoms with Crippen molar-refractivity contribution in [2.75, 3.05) is 0 Å². The van der Waals surface area contributed by atoms with E-state index >= 15 is 0 Å². The molecule has 1 fully saturated rings. The molecule has 1 aromatic carbocycles. The van der Waals surface area contributed by atoms with Crippen molar-refractivity contribution in [3.63, 3.8) is 0 Å². The molecule has 26 heavy (non-hydrogen) atoms. The van der Waals surface area contributed by atoms with Gasteiger partial charge in [0.25, 0.3) is 5.91 Å². The molecular weight excluding hydrogens is 354 g/mol. The van der Waals surface area contributed by atoms with Gasteiger partial charge in [0.1, 0.15) is 23.4 Å². The van der Waals surface area contributed by atoms with E-state index in [-0.39, 0.29) is 17.0 Å². The number of aromatic nitrogens is 2. The molecule has 0 bridgehead atoms. The van der Waals surface area contributed by atoms with Gasteiger partial charge < -0.3 is 9.84 Å². The second-order valence-electron chi connectivity index (χ2n) is 6.19. The number of carbonyl (C=O) groups excluding carboxylic acids is 1. The lowest BCUT2D eigenvalue weighted by atomic mass is 10.0. The van der Waals surface area contributed by atoms with Gasteiger partial charge in [-0.05, 0) is 18.2 Å². The Morgan fingerprint density at radius 2 is 2.23 bits per heavy atom. The molecular formula is C18H13N3O4S. The van der Waals surface area contributed by atoms with Gasteiger partial charge in [-0.3, -0.25) is 14.4 Å². The highest BCUT2D eigenvalue weighted by Gasteiger charge is 2.49. The summed E-state index contributed by atoms with van der Waals surface area (Å²) in [5.74, 6) is -0.507. The molecule has 0 radical (unpaired) electrons. The topological polar surface area (TPSA) is 84.7 Å². The van der Waals surface area contributed by atoms with Crippen LogP contribution in [0.1, 0.15) is 17.0 Å². The summed E-state index contributed by atoms with van der Waals surface area (Å²) in [6.07, 6.45) is 1.74. The van der Waals surface area contributed by atoms with E-state index < -0.39 is 5.97 Å². The summed E-state index contributed by atoms with van der Waals surface area (Å²) in [5.41, 5.74) is 3.27. The Labute approximate surface area is 152 Å². The second kappa shape index (κ2) is 5.50. The number of hydrogen-bond acceptors (Lipinski definition) is 5. The number of hydrogen-bond donors (Lipinski definition) is 1. The molecule has 0 saturated carbocycles. The maximum atomic E-state index is 12.3. The summed E-state index contributed by atoms with van der Waals surface area (Å²) < 4.78 is 7.71. The van der Waals surface area contributed by atoms with E-state index in [4.69, 9.17) is 9.84 Å². The Hall–Kier alpha value is -3.00. The van der Waals surface area contributed by atoms with E-state index in [0.29, 0.717) is 24.4 Å². The quantitative estimate of drug-likeness (QED) is 0.646. The van der Waals surface area contributed by atoms with Crippen molar-refractivity contribution >= 4 is 29.7 Å². The molecule has 4 heterocycles. The molecule has 3 aliphatic rings. The van der Waals surface area contributed by atoms with Gasteiger partial charge >= 0.3 is 5.97 Å². The molecule has 1 atom stereocenters. The molecule has 0 spiro atoms. The number of aliphatic carboxylic acids is 1. The second-order valence-corrected chi connectivity index (χ2v) is 7.14. The third kappa shape index (κ3) is 2.19. The fourth-order valence-electron chi connectivity index (χ4n) is 3.32. The number of para-hydroxylation sites is 1. The van der Waals surface area contributed by atoms with Crippen LogP contribution in [0.15, 0.2) is 47.0 Å². The number of ether oxygens (including phenoxy) is 1. The Balaban J connectivity index is 1.42. The average Bonchev–Trinajstić information content (AvgIpc) is 3.16. The molecule has 0 unspecified atom stereocenters. The van der Waals surface area contributed by atoms with E-state index in [1.165, 1.54) is 22.1 Å². The van der Waals surface area contributed by atoms with E-state index in [9.17, 15) is 9.59 Å². The Morgan fingerprint density at radius 1 is 1.38 bits per heavy atom. The lowest BCUT2D eigenvalue weighted by Crippen LogP contribution is -2.51. The van der Waals surface area contributed by atoms with Crippen LogP contribution in [-0.2, 0) is 22.7 Å². The number of nitrogens with zero attached hydrogens (tertiary/aromatic N) is 3. The number of fused-ring (bicyclic) bond motifs is 3. The summed E-state index contributed by atoms with van der Waals surface area (Å²) >= 11 is 1.32. The Morgan fingerprint density at radius 3 is 3.08 bits per heavy atom. The molecule has 5 rings (SSSR count). The summed E-state index contributed by atoms with van der Waals surface area (Å²) in [4.78, 5) is 24.8. The van der Waals surface area contributed by atoms with Crippen LogP contribution in [0.3, 0.4) is 0 Å². The average molecular weight is 367 g/mol. The molecule has 1 saturated heterocycles. The minimum Gasteiger partial charge on any atom is -0.487 e. The van der Waals surface area contributed by atoms with Gasteiger partial charge in [-0.1, -0.05) is 18.2 Å². The minimum absolute atomic E-state index is 0.0350. The van der Waals surface area contributed by atoms with E-state index in [1.807, 2.05) is 35.0 Å². The monoisotopic (exact) mass is 367 g/mol. The summed E-state index contributed by atoms with van der Waals surface area (Å²) in [6.45, 7) is 1.02. The largest absolute Gasteiger partial charge is 0.487 e. The van der Waals surface area contributed by atoms with Crippen LogP contribution in [0.2, 0.25) is 0 Å². The van der Waals surface area contributed by atoms with Crippen molar-refractivity contribution in [3.05, 3.63) is 64.0 Å². The maximum absolute atomic E-state index is 12.3. The molecule has 1 N–H and O–H groups in total. The molecule has 8 heteroatoms. The zero-order valence-electron chi connectivity index (χ0n) is 13.5. The van der Waals surface area contributed by atoms with Gasteiger partial charge in [-0.15, -0.1) is 11.8 Å². The molecule has 130 valence electrons. The predicted octanol–water partition coefficient (Wildman–Crippen LogP) is 2.05. The molecule has 3 aliphatic heterocycles. The van der Waals surface area contributed by atoms with Crippen molar-refractivity contribution < 1.29 is 19.4 Å². The van der Waals surface area contributed by atoms with Crippen molar-refractivity contribution in [1.82, 2.24) is 14.7 Å². The zero-order valence-corrected chi connectivity index (χ0v) is 14.3. The Kier molecular flexibility index (Phi) is 3.23. The van der Waals surface area contributed by atoms with Crippen LogP contribution in [-0.4, -0.2) is 37.0 Å². The number of amides is 1. The standard InChI is InChI=1S/C18H13N3O4S/c22-16-13(17-21(16)14(9-26-17)18(23)24)6-11-5-12-8-25-15-4-2-1-3-10(15)7-20(12)19-11/h1-6,9,17H,7-8H2,(H,23,24)/t17-/m1/s1. The van der Waals surface area contributed by atoms with Crippen LogP contribution in [0.25, 0.3) is 6.08 Å². The molecule has 2 aromatic rings. The fraction of sp³-hybridized carbons (Fsp3) is 0.167. The van der Waals surface area contributed by atoms with Gasteiger partial charge in [0.15, 0.2) is 0 Å².